The van der Waals surface area contributed by atoms with E-state index in [1.165, 1.54) is 51.4 Å². The predicted molar refractivity (Wildman–Crippen MR) is 114 cm³/mol. The van der Waals surface area contributed by atoms with E-state index >= 15 is 0 Å². The van der Waals surface area contributed by atoms with Crippen molar-refractivity contribution >= 4 is 11.6 Å². The van der Waals surface area contributed by atoms with Crippen LogP contribution in [0.4, 0.5) is 0 Å². The van der Waals surface area contributed by atoms with Gasteiger partial charge in [0.1, 0.15) is 11.6 Å². The van der Waals surface area contributed by atoms with Gasteiger partial charge in [0.05, 0.1) is 0 Å². The van der Waals surface area contributed by atoms with Crippen LogP contribution in [0.25, 0.3) is 0 Å². The first-order valence-corrected chi connectivity index (χ1v) is 13.0. The largest absolute Gasteiger partial charge is 0.299 e. The smallest absolute Gasteiger partial charge is 0.136 e. The molecule has 0 heterocycles. The lowest BCUT2D eigenvalue weighted by molar-refractivity contribution is -0.124. The number of allylic oxidation sites excluding steroid dienone is 4. The topological polar surface area (TPSA) is 34.1 Å². The van der Waals surface area contributed by atoms with Gasteiger partial charge in [-0.25, -0.2) is 0 Å². The average Bonchev–Trinajstić information content (AvgIpc) is 3.49. The molecular weight excluding hydrogens is 368 g/mol. The molecule has 2 nitrogen and oxygen atoms in total. The van der Waals surface area contributed by atoms with Crippen LogP contribution in [0.15, 0.2) is 24.3 Å². The van der Waals surface area contributed by atoms with E-state index in [0.717, 1.165) is 30.6 Å². The van der Waals surface area contributed by atoms with Crippen LogP contribution >= 0.6 is 0 Å². The molecule has 30 heavy (non-hydrogen) atoms. The van der Waals surface area contributed by atoms with E-state index in [1.54, 1.807) is 0 Å². The molecule has 2 heteroatoms. The summed E-state index contributed by atoms with van der Waals surface area (Å²) in [6.07, 6.45) is 21.9. The van der Waals surface area contributed by atoms with Crippen LogP contribution in [0, 0.1) is 70.0 Å². The number of ketones is 2. The standard InChI is InChI=1S/C28H34O2/c29-22-11-15-13-27-9-1-3-16(27)5-7-20(27)24(15)26(22)18-12-23(30)25-19(18)14-28-10-2-4-17(28)6-8-21(25)28/h1-2,9-10,15-21,24-26H,3-8,11-14H2/t15-,16-,17+,18-,19-,20-,21-,24-,25-,26-,27-,28-/m1/s1. The second-order valence-electron chi connectivity index (χ2n) is 12.7. The third-order valence-electron chi connectivity index (χ3n) is 12.4. The monoisotopic (exact) mass is 402 g/mol. The van der Waals surface area contributed by atoms with Crippen molar-refractivity contribution in [3.63, 3.8) is 0 Å². The maximum atomic E-state index is 13.5. The summed E-state index contributed by atoms with van der Waals surface area (Å²) >= 11 is 0. The first-order valence-electron chi connectivity index (χ1n) is 13.0. The van der Waals surface area contributed by atoms with Crippen molar-refractivity contribution < 1.29 is 9.59 Å². The molecule has 12 atom stereocenters. The van der Waals surface area contributed by atoms with Crippen LogP contribution in [-0.4, -0.2) is 11.6 Å². The Morgan fingerprint density at radius 2 is 1.37 bits per heavy atom. The second-order valence-corrected chi connectivity index (χ2v) is 12.7. The molecule has 0 saturated heterocycles. The van der Waals surface area contributed by atoms with Crippen LogP contribution < -0.4 is 0 Å². The Morgan fingerprint density at radius 3 is 2.13 bits per heavy atom. The highest BCUT2D eigenvalue weighted by atomic mass is 16.1. The fraction of sp³-hybridized carbons (Fsp3) is 0.786. The summed E-state index contributed by atoms with van der Waals surface area (Å²) in [5, 5.41) is 0. The number of rotatable bonds is 1. The molecule has 0 bridgehead atoms. The van der Waals surface area contributed by atoms with E-state index in [2.05, 4.69) is 24.3 Å². The normalized spacial score (nSPS) is 61.5. The lowest BCUT2D eigenvalue weighted by Gasteiger charge is -2.36. The predicted octanol–water partition coefficient (Wildman–Crippen LogP) is 5.38. The number of hydrogen-bond acceptors (Lipinski definition) is 2. The van der Waals surface area contributed by atoms with Crippen molar-refractivity contribution in [1.82, 2.24) is 0 Å². The molecule has 0 radical (unpaired) electrons. The number of Topliss-reactive ketones (excluding diaryl/α,β-unsaturated/α-hetero) is 2. The zero-order valence-corrected chi connectivity index (χ0v) is 18.0. The van der Waals surface area contributed by atoms with Gasteiger partial charge in [-0.05, 0) is 110 Å². The second kappa shape index (κ2) is 5.41. The molecule has 8 aliphatic rings. The van der Waals surface area contributed by atoms with Gasteiger partial charge in [0.25, 0.3) is 0 Å². The third kappa shape index (κ3) is 1.76. The fourth-order valence-corrected chi connectivity index (χ4v) is 11.8. The molecule has 0 aliphatic heterocycles. The van der Waals surface area contributed by atoms with Gasteiger partial charge in [-0.2, -0.15) is 0 Å². The van der Waals surface area contributed by atoms with Crippen LogP contribution in [0.1, 0.15) is 64.2 Å². The summed E-state index contributed by atoms with van der Waals surface area (Å²) in [6, 6.07) is 0. The molecule has 6 saturated carbocycles. The molecule has 8 aliphatic carbocycles. The Kier molecular flexibility index (Phi) is 3.13. The Balaban J connectivity index is 1.17. The number of carbonyl (C=O) groups excluding carboxylic acids is 2. The number of hydrogen-bond donors (Lipinski definition) is 0. The summed E-state index contributed by atoms with van der Waals surface area (Å²) in [5.74, 6) is 6.66. The van der Waals surface area contributed by atoms with Crippen molar-refractivity contribution in [2.45, 2.75) is 64.2 Å². The molecular formula is C28H34O2. The molecule has 0 N–H and O–H groups in total. The summed E-state index contributed by atoms with van der Waals surface area (Å²) in [6.45, 7) is 0. The van der Waals surface area contributed by atoms with Gasteiger partial charge in [0.2, 0.25) is 0 Å². The highest BCUT2D eigenvalue weighted by Gasteiger charge is 2.70. The number of fused-ring (bicyclic) bond motifs is 4. The zero-order chi connectivity index (χ0) is 19.8. The maximum absolute atomic E-state index is 13.5. The molecule has 2 spiro atoms. The summed E-state index contributed by atoms with van der Waals surface area (Å²) in [7, 11) is 0. The zero-order valence-electron chi connectivity index (χ0n) is 18.0. The van der Waals surface area contributed by atoms with E-state index in [4.69, 9.17) is 0 Å². The molecule has 0 aromatic heterocycles. The van der Waals surface area contributed by atoms with Crippen molar-refractivity contribution in [1.29, 1.82) is 0 Å². The van der Waals surface area contributed by atoms with E-state index < -0.39 is 0 Å². The number of carbonyl (C=O) groups is 2. The van der Waals surface area contributed by atoms with Gasteiger partial charge in [0.15, 0.2) is 0 Å². The van der Waals surface area contributed by atoms with E-state index in [-0.39, 0.29) is 11.8 Å². The van der Waals surface area contributed by atoms with E-state index in [9.17, 15) is 9.59 Å². The van der Waals surface area contributed by atoms with Gasteiger partial charge < -0.3 is 0 Å². The third-order valence-corrected chi connectivity index (χ3v) is 12.4. The molecule has 158 valence electrons. The highest BCUT2D eigenvalue weighted by Crippen LogP contribution is 2.73. The van der Waals surface area contributed by atoms with Gasteiger partial charge in [-0.1, -0.05) is 24.3 Å². The quantitative estimate of drug-likeness (QED) is 0.552. The minimum Gasteiger partial charge on any atom is -0.299 e. The Hall–Kier alpha value is -1.18. The molecule has 6 fully saturated rings. The Morgan fingerprint density at radius 1 is 0.700 bits per heavy atom. The van der Waals surface area contributed by atoms with Crippen LogP contribution in [0.5, 0.6) is 0 Å². The van der Waals surface area contributed by atoms with Crippen LogP contribution in [0.2, 0.25) is 0 Å². The maximum Gasteiger partial charge on any atom is 0.136 e. The first kappa shape index (κ1) is 17.4. The lowest BCUT2D eigenvalue weighted by Crippen LogP contribution is -2.34. The fourth-order valence-electron chi connectivity index (χ4n) is 11.8. The molecule has 0 amide bonds. The molecule has 0 unspecified atom stereocenters. The van der Waals surface area contributed by atoms with E-state index in [0.29, 0.717) is 52.0 Å². The summed E-state index contributed by atoms with van der Waals surface area (Å²) in [5.41, 5.74) is 0.759. The average molecular weight is 403 g/mol. The van der Waals surface area contributed by atoms with Crippen LogP contribution in [0.3, 0.4) is 0 Å². The van der Waals surface area contributed by atoms with Crippen molar-refractivity contribution in [2.24, 2.45) is 70.0 Å². The summed E-state index contributed by atoms with van der Waals surface area (Å²) in [4.78, 5) is 26.9. The first-order chi connectivity index (χ1) is 14.6. The highest BCUT2D eigenvalue weighted by molar-refractivity contribution is 5.89. The van der Waals surface area contributed by atoms with Gasteiger partial charge >= 0.3 is 0 Å². The summed E-state index contributed by atoms with van der Waals surface area (Å²) < 4.78 is 0. The van der Waals surface area contributed by atoms with Crippen LogP contribution in [-0.2, 0) is 9.59 Å². The van der Waals surface area contributed by atoms with Crippen molar-refractivity contribution in [3.8, 4) is 0 Å². The van der Waals surface area contributed by atoms with Gasteiger partial charge in [-0.3, -0.25) is 9.59 Å². The lowest BCUT2D eigenvalue weighted by atomic mass is 9.67. The van der Waals surface area contributed by atoms with Crippen molar-refractivity contribution in [3.05, 3.63) is 24.3 Å². The minimum atomic E-state index is 0.213. The van der Waals surface area contributed by atoms with Crippen molar-refractivity contribution in [2.75, 3.05) is 0 Å². The molecule has 8 rings (SSSR count). The Bertz CT molecular complexity index is 914. The molecule has 0 aromatic rings. The minimum absolute atomic E-state index is 0.213. The Labute approximate surface area is 179 Å². The van der Waals surface area contributed by atoms with Gasteiger partial charge in [-0.15, -0.1) is 0 Å². The SMILES string of the molecule is O=C1C[C@@H]([C@@H]2C(=O)C[C@@H]3C[C@]45C=CC[C@@H]4CC[C@@H]5[C@@H]32)[C@H]2C[C@]34C=CC[C@H]3CC[C@@H]4[C@H]12. The van der Waals surface area contributed by atoms with E-state index in [1.807, 2.05) is 0 Å². The van der Waals surface area contributed by atoms with Gasteiger partial charge in [0, 0.05) is 24.7 Å². The molecule has 0 aromatic carbocycles.